The number of rotatable bonds is 7. The van der Waals surface area contributed by atoms with Gasteiger partial charge >= 0.3 is 5.97 Å². The fraction of sp³-hybridized carbons (Fsp3) is 0.174. The lowest BCUT2D eigenvalue weighted by molar-refractivity contribution is 0.0684. The van der Waals surface area contributed by atoms with Gasteiger partial charge in [0.05, 0.1) is 12.8 Å². The van der Waals surface area contributed by atoms with Crippen molar-refractivity contribution in [3.05, 3.63) is 93.8 Å². The van der Waals surface area contributed by atoms with Gasteiger partial charge in [-0.25, -0.2) is 9.18 Å². The van der Waals surface area contributed by atoms with Crippen molar-refractivity contribution < 1.29 is 18.7 Å². The standard InChI is InChI=1S/C23H20ClFN2O3/c1-14-4-7-18-19(12-26-11-17-3-2-8-30-17)22(23(28)29)27(21(18)9-14)13-15-5-6-16(25)10-20(15)24/h2-10,26H,11-13H2,1H3,(H,28,29). The zero-order valence-corrected chi connectivity index (χ0v) is 17.0. The molecule has 0 atom stereocenters. The van der Waals surface area contributed by atoms with Crippen LogP contribution in [0.2, 0.25) is 5.02 Å². The van der Waals surface area contributed by atoms with Crippen LogP contribution in [-0.4, -0.2) is 15.6 Å². The van der Waals surface area contributed by atoms with Crippen LogP contribution in [0.5, 0.6) is 0 Å². The topological polar surface area (TPSA) is 67.4 Å². The largest absolute Gasteiger partial charge is 0.477 e. The van der Waals surface area contributed by atoms with Crippen LogP contribution in [0.4, 0.5) is 4.39 Å². The van der Waals surface area contributed by atoms with Gasteiger partial charge < -0.3 is 19.4 Å². The van der Waals surface area contributed by atoms with Gasteiger partial charge in [-0.15, -0.1) is 0 Å². The number of aromatic nitrogens is 1. The number of benzene rings is 2. The number of carbonyl (C=O) groups is 1. The molecular weight excluding hydrogens is 407 g/mol. The number of hydrogen-bond donors (Lipinski definition) is 2. The molecule has 2 aromatic carbocycles. The molecule has 0 amide bonds. The van der Waals surface area contributed by atoms with Crippen molar-refractivity contribution in [2.75, 3.05) is 0 Å². The molecule has 0 aliphatic carbocycles. The molecule has 154 valence electrons. The van der Waals surface area contributed by atoms with E-state index >= 15 is 0 Å². The average molecular weight is 427 g/mol. The number of fused-ring (bicyclic) bond motifs is 1. The lowest BCUT2D eigenvalue weighted by Gasteiger charge is -2.11. The van der Waals surface area contributed by atoms with Crippen LogP contribution in [0.3, 0.4) is 0 Å². The van der Waals surface area contributed by atoms with Crippen LogP contribution >= 0.6 is 11.6 Å². The van der Waals surface area contributed by atoms with Gasteiger partial charge in [0.1, 0.15) is 17.3 Å². The van der Waals surface area contributed by atoms with Crippen LogP contribution in [0.1, 0.15) is 32.9 Å². The number of halogens is 2. The van der Waals surface area contributed by atoms with Crippen molar-refractivity contribution in [1.29, 1.82) is 0 Å². The summed E-state index contributed by atoms with van der Waals surface area (Å²) in [5, 5.41) is 14.4. The highest BCUT2D eigenvalue weighted by molar-refractivity contribution is 6.31. The van der Waals surface area contributed by atoms with E-state index in [1.807, 2.05) is 31.2 Å². The Labute approximate surface area is 177 Å². The fourth-order valence-electron chi connectivity index (χ4n) is 3.66. The highest BCUT2D eigenvalue weighted by atomic mass is 35.5. The summed E-state index contributed by atoms with van der Waals surface area (Å²) in [7, 11) is 0. The second kappa shape index (κ2) is 8.34. The Morgan fingerprint density at radius 3 is 2.73 bits per heavy atom. The Morgan fingerprint density at radius 2 is 2.03 bits per heavy atom. The van der Waals surface area contributed by atoms with E-state index in [0.717, 1.165) is 22.2 Å². The molecule has 0 unspecified atom stereocenters. The Balaban J connectivity index is 1.78. The molecule has 2 heterocycles. The van der Waals surface area contributed by atoms with Gasteiger partial charge in [0.25, 0.3) is 0 Å². The van der Waals surface area contributed by atoms with Crippen LogP contribution in [-0.2, 0) is 19.6 Å². The van der Waals surface area contributed by atoms with Gasteiger partial charge in [-0.3, -0.25) is 0 Å². The van der Waals surface area contributed by atoms with Crippen LogP contribution in [0, 0.1) is 12.7 Å². The quantitative estimate of drug-likeness (QED) is 0.417. The lowest BCUT2D eigenvalue weighted by Crippen LogP contribution is -2.17. The minimum Gasteiger partial charge on any atom is -0.477 e. The average Bonchev–Trinajstić information content (AvgIpc) is 3.31. The van der Waals surface area contributed by atoms with E-state index in [0.29, 0.717) is 24.2 Å². The molecule has 7 heteroatoms. The van der Waals surface area contributed by atoms with Crippen LogP contribution in [0.25, 0.3) is 10.9 Å². The van der Waals surface area contributed by atoms with Crippen molar-refractivity contribution in [3.8, 4) is 0 Å². The molecule has 0 fully saturated rings. The zero-order chi connectivity index (χ0) is 21.3. The number of carboxylic acids is 1. The predicted octanol–water partition coefficient (Wildman–Crippen LogP) is 5.37. The number of carboxylic acid groups (broad SMARTS) is 1. The number of nitrogens with zero attached hydrogens (tertiary/aromatic N) is 1. The highest BCUT2D eigenvalue weighted by Gasteiger charge is 2.23. The van der Waals surface area contributed by atoms with Crippen LogP contribution < -0.4 is 5.32 Å². The molecule has 5 nitrogen and oxygen atoms in total. The number of nitrogens with one attached hydrogen (secondary N) is 1. The monoisotopic (exact) mass is 426 g/mol. The SMILES string of the molecule is Cc1ccc2c(CNCc3ccco3)c(C(=O)O)n(Cc3ccc(F)cc3Cl)c2c1. The molecule has 2 N–H and O–H groups in total. The summed E-state index contributed by atoms with van der Waals surface area (Å²) in [6.45, 7) is 3.01. The Hall–Kier alpha value is -3.09. The first-order valence-electron chi connectivity index (χ1n) is 9.46. The molecule has 0 aliphatic rings. The van der Waals surface area contributed by atoms with E-state index in [1.54, 1.807) is 23.0 Å². The normalized spacial score (nSPS) is 11.3. The van der Waals surface area contributed by atoms with E-state index in [2.05, 4.69) is 5.32 Å². The van der Waals surface area contributed by atoms with E-state index in [1.165, 1.54) is 12.1 Å². The van der Waals surface area contributed by atoms with Gasteiger partial charge in [0.2, 0.25) is 0 Å². The number of aromatic carboxylic acids is 1. The van der Waals surface area contributed by atoms with Crippen molar-refractivity contribution in [1.82, 2.24) is 9.88 Å². The molecule has 4 rings (SSSR count). The third-order valence-electron chi connectivity index (χ3n) is 5.05. The first-order chi connectivity index (χ1) is 14.4. The zero-order valence-electron chi connectivity index (χ0n) is 16.3. The molecule has 0 aliphatic heterocycles. The number of hydrogen-bond acceptors (Lipinski definition) is 3. The first-order valence-corrected chi connectivity index (χ1v) is 9.84. The predicted molar refractivity (Wildman–Crippen MR) is 113 cm³/mol. The molecule has 0 radical (unpaired) electrons. The number of aryl methyl sites for hydroxylation is 1. The Kier molecular flexibility index (Phi) is 5.61. The van der Waals surface area contributed by atoms with E-state index in [-0.39, 0.29) is 17.3 Å². The summed E-state index contributed by atoms with van der Waals surface area (Å²) in [4.78, 5) is 12.3. The van der Waals surface area contributed by atoms with Crippen molar-refractivity contribution in [2.24, 2.45) is 0 Å². The number of furan rings is 1. The van der Waals surface area contributed by atoms with Gasteiger partial charge in [0, 0.05) is 34.6 Å². The van der Waals surface area contributed by atoms with E-state index in [9.17, 15) is 14.3 Å². The van der Waals surface area contributed by atoms with E-state index in [4.69, 9.17) is 16.0 Å². The van der Waals surface area contributed by atoms with Gasteiger partial charge in [-0.1, -0.05) is 29.8 Å². The summed E-state index contributed by atoms with van der Waals surface area (Å²) in [6, 6.07) is 13.7. The molecule has 4 aromatic rings. The molecule has 2 aromatic heterocycles. The highest BCUT2D eigenvalue weighted by Crippen LogP contribution is 2.30. The van der Waals surface area contributed by atoms with Crippen molar-refractivity contribution in [3.63, 3.8) is 0 Å². The summed E-state index contributed by atoms with van der Waals surface area (Å²) >= 11 is 6.22. The fourth-order valence-corrected chi connectivity index (χ4v) is 3.89. The minimum atomic E-state index is -1.03. The van der Waals surface area contributed by atoms with Gasteiger partial charge in [0.15, 0.2) is 0 Å². The smallest absolute Gasteiger partial charge is 0.352 e. The summed E-state index contributed by atoms with van der Waals surface area (Å²) in [5.41, 5.74) is 3.32. The maximum absolute atomic E-state index is 13.5. The van der Waals surface area contributed by atoms with E-state index < -0.39 is 11.8 Å². The Bertz CT molecular complexity index is 1220. The molecule has 0 saturated carbocycles. The third kappa shape index (κ3) is 3.97. The second-order valence-electron chi connectivity index (χ2n) is 7.16. The summed E-state index contributed by atoms with van der Waals surface area (Å²) < 4.78 is 20.5. The molecule has 0 saturated heterocycles. The van der Waals surface area contributed by atoms with Gasteiger partial charge in [-0.2, -0.15) is 0 Å². The first kappa shape index (κ1) is 20.2. The van der Waals surface area contributed by atoms with Gasteiger partial charge in [-0.05, 0) is 48.4 Å². The minimum absolute atomic E-state index is 0.183. The Morgan fingerprint density at radius 1 is 1.20 bits per heavy atom. The molecular formula is C23H20ClFN2O3. The van der Waals surface area contributed by atoms with Crippen molar-refractivity contribution >= 4 is 28.5 Å². The summed E-state index contributed by atoms with van der Waals surface area (Å²) in [5.74, 6) is -0.695. The van der Waals surface area contributed by atoms with Crippen molar-refractivity contribution in [2.45, 2.75) is 26.6 Å². The molecule has 30 heavy (non-hydrogen) atoms. The lowest BCUT2D eigenvalue weighted by atomic mass is 10.1. The maximum Gasteiger partial charge on any atom is 0.352 e. The molecule has 0 bridgehead atoms. The van der Waals surface area contributed by atoms with Crippen LogP contribution in [0.15, 0.2) is 59.2 Å². The molecule has 0 spiro atoms. The maximum atomic E-state index is 13.5. The second-order valence-corrected chi connectivity index (χ2v) is 7.56. The summed E-state index contributed by atoms with van der Waals surface area (Å²) in [6.07, 6.45) is 1.60. The third-order valence-corrected chi connectivity index (χ3v) is 5.40.